The van der Waals surface area contributed by atoms with Crippen molar-refractivity contribution < 1.29 is 13.2 Å². The maximum Gasteiger partial charge on any atom is 0.240 e. The third kappa shape index (κ3) is 3.34. The molecule has 126 valence electrons. The predicted octanol–water partition coefficient (Wildman–Crippen LogP) is 2.78. The summed E-state index contributed by atoms with van der Waals surface area (Å²) in [5.74, 6) is 0.209. The largest absolute Gasteiger partial charge is 0.326 e. The van der Waals surface area contributed by atoms with Gasteiger partial charge in [-0.1, -0.05) is 38.1 Å². The fourth-order valence-corrected chi connectivity index (χ4v) is 3.94. The van der Waals surface area contributed by atoms with Crippen LogP contribution in [0.3, 0.4) is 0 Å². The van der Waals surface area contributed by atoms with Crippen molar-refractivity contribution in [2.45, 2.75) is 37.6 Å². The Morgan fingerprint density at radius 2 is 1.92 bits per heavy atom. The van der Waals surface area contributed by atoms with E-state index in [1.165, 1.54) is 6.07 Å². The van der Waals surface area contributed by atoms with Crippen LogP contribution in [0.1, 0.15) is 36.5 Å². The number of benzene rings is 2. The van der Waals surface area contributed by atoms with Gasteiger partial charge in [0.2, 0.25) is 15.9 Å². The van der Waals surface area contributed by atoms with Crippen molar-refractivity contribution in [1.29, 1.82) is 0 Å². The van der Waals surface area contributed by atoms with Gasteiger partial charge < -0.3 is 5.32 Å². The number of hydrogen-bond donors (Lipinski definition) is 2. The lowest BCUT2D eigenvalue weighted by molar-refractivity contribution is -0.115. The Morgan fingerprint density at radius 1 is 1.17 bits per heavy atom. The molecule has 24 heavy (non-hydrogen) atoms. The van der Waals surface area contributed by atoms with E-state index in [0.717, 1.165) is 11.1 Å². The molecule has 0 spiro atoms. The van der Waals surface area contributed by atoms with E-state index in [1.807, 2.05) is 24.3 Å². The number of rotatable bonds is 5. The molecule has 0 aliphatic carbocycles. The van der Waals surface area contributed by atoms with Crippen LogP contribution in [-0.4, -0.2) is 14.3 Å². The van der Waals surface area contributed by atoms with Gasteiger partial charge in [-0.2, -0.15) is 0 Å². The molecule has 0 bridgehead atoms. The van der Waals surface area contributed by atoms with Gasteiger partial charge in [0, 0.05) is 12.2 Å². The summed E-state index contributed by atoms with van der Waals surface area (Å²) in [5.41, 5.74) is 3.49. The van der Waals surface area contributed by atoms with Gasteiger partial charge in [-0.3, -0.25) is 4.79 Å². The zero-order valence-electron chi connectivity index (χ0n) is 13.7. The lowest BCUT2D eigenvalue weighted by Gasteiger charge is -2.14. The Morgan fingerprint density at radius 3 is 2.67 bits per heavy atom. The van der Waals surface area contributed by atoms with Gasteiger partial charge in [-0.15, -0.1) is 0 Å². The number of amides is 1. The SMILES string of the molecule is CC(C)c1ccccc1CNS(=O)(=O)c1ccc2c(c1)CC(=O)N2. The summed E-state index contributed by atoms with van der Waals surface area (Å²) in [7, 11) is -3.63. The van der Waals surface area contributed by atoms with Gasteiger partial charge in [0.15, 0.2) is 0 Å². The maximum absolute atomic E-state index is 12.6. The van der Waals surface area contributed by atoms with E-state index in [4.69, 9.17) is 0 Å². The highest BCUT2D eigenvalue weighted by Gasteiger charge is 2.22. The van der Waals surface area contributed by atoms with Crippen molar-refractivity contribution in [3.8, 4) is 0 Å². The summed E-state index contributed by atoms with van der Waals surface area (Å²) in [4.78, 5) is 11.6. The highest BCUT2D eigenvalue weighted by atomic mass is 32.2. The second-order valence-electron chi connectivity index (χ2n) is 6.22. The van der Waals surface area contributed by atoms with Crippen LogP contribution in [0, 0.1) is 0 Å². The van der Waals surface area contributed by atoms with Crippen LogP contribution < -0.4 is 10.0 Å². The highest BCUT2D eigenvalue weighted by molar-refractivity contribution is 7.89. The number of carbonyl (C=O) groups excluding carboxylic acids is 1. The van der Waals surface area contributed by atoms with Crippen LogP contribution in [0.5, 0.6) is 0 Å². The summed E-state index contributed by atoms with van der Waals surface area (Å²) < 4.78 is 27.8. The van der Waals surface area contributed by atoms with Gasteiger partial charge in [0.1, 0.15) is 0 Å². The molecule has 6 heteroatoms. The first-order valence-corrected chi connectivity index (χ1v) is 9.35. The third-order valence-corrected chi connectivity index (χ3v) is 5.54. The van der Waals surface area contributed by atoms with E-state index in [1.54, 1.807) is 12.1 Å². The fourth-order valence-electron chi connectivity index (χ4n) is 2.89. The van der Waals surface area contributed by atoms with E-state index >= 15 is 0 Å². The molecule has 0 saturated heterocycles. The fraction of sp³-hybridized carbons (Fsp3) is 0.278. The number of carbonyl (C=O) groups is 1. The normalized spacial score (nSPS) is 13.9. The Balaban J connectivity index is 1.81. The smallest absolute Gasteiger partial charge is 0.240 e. The number of hydrogen-bond acceptors (Lipinski definition) is 3. The van der Waals surface area contributed by atoms with Crippen molar-refractivity contribution in [2.24, 2.45) is 0 Å². The standard InChI is InChI=1S/C18H20N2O3S/c1-12(2)16-6-4-3-5-13(16)11-19-24(22,23)15-7-8-17-14(9-15)10-18(21)20-17/h3-9,12,19H,10-11H2,1-2H3,(H,20,21). The first-order chi connectivity index (χ1) is 11.4. The number of fused-ring (bicyclic) bond motifs is 1. The molecule has 1 aliphatic rings. The van der Waals surface area contributed by atoms with Crippen molar-refractivity contribution in [3.05, 3.63) is 59.2 Å². The molecule has 0 atom stereocenters. The average molecular weight is 344 g/mol. The van der Waals surface area contributed by atoms with Crippen LogP contribution in [0.15, 0.2) is 47.4 Å². The lowest BCUT2D eigenvalue weighted by Crippen LogP contribution is -2.24. The molecule has 2 N–H and O–H groups in total. The van der Waals surface area contributed by atoms with Gasteiger partial charge in [0.25, 0.3) is 0 Å². The zero-order valence-corrected chi connectivity index (χ0v) is 14.5. The quantitative estimate of drug-likeness (QED) is 0.876. The summed E-state index contributed by atoms with van der Waals surface area (Å²) >= 11 is 0. The molecule has 0 unspecified atom stereocenters. The van der Waals surface area contributed by atoms with Gasteiger partial charge >= 0.3 is 0 Å². The average Bonchev–Trinajstić information content (AvgIpc) is 2.92. The van der Waals surface area contributed by atoms with E-state index in [2.05, 4.69) is 23.9 Å². The van der Waals surface area contributed by atoms with Crippen LogP contribution in [-0.2, 0) is 27.8 Å². The predicted molar refractivity (Wildman–Crippen MR) is 93.3 cm³/mol. The van der Waals surface area contributed by atoms with Crippen LogP contribution in [0.4, 0.5) is 5.69 Å². The monoisotopic (exact) mass is 344 g/mol. The van der Waals surface area contributed by atoms with E-state index in [9.17, 15) is 13.2 Å². The highest BCUT2D eigenvalue weighted by Crippen LogP contribution is 2.26. The molecule has 2 aromatic carbocycles. The molecule has 2 aromatic rings. The molecular formula is C18H20N2O3S. The van der Waals surface area contributed by atoms with Gasteiger partial charge in [-0.25, -0.2) is 13.1 Å². The molecule has 3 rings (SSSR count). The minimum atomic E-state index is -3.63. The van der Waals surface area contributed by atoms with Crippen molar-refractivity contribution in [1.82, 2.24) is 4.72 Å². The van der Waals surface area contributed by atoms with Crippen LogP contribution >= 0.6 is 0 Å². The first-order valence-electron chi connectivity index (χ1n) is 7.87. The number of sulfonamides is 1. The summed E-state index contributed by atoms with van der Waals surface area (Å²) in [6.45, 7) is 4.40. The van der Waals surface area contributed by atoms with Crippen LogP contribution in [0.2, 0.25) is 0 Å². The summed E-state index contributed by atoms with van der Waals surface area (Å²) in [6.07, 6.45) is 0.217. The molecular weight excluding hydrogens is 324 g/mol. The molecule has 0 radical (unpaired) electrons. The minimum absolute atomic E-state index is 0.113. The zero-order chi connectivity index (χ0) is 17.3. The number of nitrogens with one attached hydrogen (secondary N) is 2. The lowest BCUT2D eigenvalue weighted by atomic mass is 9.97. The van der Waals surface area contributed by atoms with E-state index < -0.39 is 10.0 Å². The first kappa shape index (κ1) is 16.7. The number of anilines is 1. The Kier molecular flexibility index (Phi) is 4.43. The van der Waals surface area contributed by atoms with Crippen molar-refractivity contribution >= 4 is 21.6 Å². The molecule has 5 nitrogen and oxygen atoms in total. The second-order valence-corrected chi connectivity index (χ2v) is 7.99. The molecule has 0 aromatic heterocycles. The topological polar surface area (TPSA) is 75.3 Å². The summed E-state index contributed by atoms with van der Waals surface area (Å²) in [5, 5.41) is 2.70. The summed E-state index contributed by atoms with van der Waals surface area (Å²) in [6, 6.07) is 12.5. The molecule has 1 amide bonds. The molecule has 0 fully saturated rings. The van der Waals surface area contributed by atoms with Gasteiger partial charge in [0.05, 0.1) is 11.3 Å². The molecule has 1 heterocycles. The molecule has 0 saturated carbocycles. The Bertz CT molecular complexity index is 889. The van der Waals surface area contributed by atoms with Gasteiger partial charge in [-0.05, 0) is 40.8 Å². The second kappa shape index (κ2) is 6.37. The Hall–Kier alpha value is -2.18. The van der Waals surface area contributed by atoms with E-state index in [0.29, 0.717) is 17.2 Å². The van der Waals surface area contributed by atoms with Crippen molar-refractivity contribution in [3.63, 3.8) is 0 Å². The minimum Gasteiger partial charge on any atom is -0.326 e. The maximum atomic E-state index is 12.6. The molecule has 1 aliphatic heterocycles. The van der Waals surface area contributed by atoms with Crippen molar-refractivity contribution in [2.75, 3.05) is 5.32 Å². The third-order valence-electron chi connectivity index (χ3n) is 4.14. The van der Waals surface area contributed by atoms with Crippen LogP contribution in [0.25, 0.3) is 0 Å². The Labute approximate surface area is 142 Å². The van der Waals surface area contributed by atoms with E-state index in [-0.39, 0.29) is 23.8 Å².